The molecule has 2 nitrogen and oxygen atoms in total. The first-order valence-electron chi connectivity index (χ1n) is 6.05. The lowest BCUT2D eigenvalue weighted by molar-refractivity contribution is 0.155. The van der Waals surface area contributed by atoms with Crippen molar-refractivity contribution in [1.82, 2.24) is 0 Å². The summed E-state index contributed by atoms with van der Waals surface area (Å²) < 4.78 is 5.91. The van der Waals surface area contributed by atoms with Gasteiger partial charge in [0.05, 0.1) is 16.1 Å². The lowest BCUT2D eigenvalue weighted by Gasteiger charge is -2.24. The Labute approximate surface area is 112 Å². The molecule has 94 valence electrons. The fraction of sp³-hybridized carbons (Fsp3) is 0.538. The fourth-order valence-electron chi connectivity index (χ4n) is 2.19. The third-order valence-electron chi connectivity index (χ3n) is 3.13. The van der Waals surface area contributed by atoms with E-state index in [4.69, 9.17) is 33.7 Å². The van der Waals surface area contributed by atoms with Gasteiger partial charge in [-0.05, 0) is 43.4 Å². The number of hydrogen-bond donors (Lipinski definition) is 1. The van der Waals surface area contributed by atoms with Gasteiger partial charge >= 0.3 is 0 Å². The molecule has 0 amide bonds. The van der Waals surface area contributed by atoms with Gasteiger partial charge in [-0.3, -0.25) is 0 Å². The van der Waals surface area contributed by atoms with Crippen LogP contribution < -0.4 is 10.5 Å². The normalized spacial score (nSPS) is 17.1. The summed E-state index contributed by atoms with van der Waals surface area (Å²) in [6, 6.07) is 3.65. The molecule has 0 aromatic heterocycles. The van der Waals surface area contributed by atoms with E-state index in [2.05, 4.69) is 0 Å². The number of halogens is 2. The molecule has 1 fully saturated rings. The second-order valence-electron chi connectivity index (χ2n) is 4.47. The zero-order valence-electron chi connectivity index (χ0n) is 9.72. The highest BCUT2D eigenvalue weighted by molar-refractivity contribution is 6.37. The Morgan fingerprint density at radius 1 is 1.12 bits per heavy atom. The Hall–Kier alpha value is -0.440. The molecule has 1 aromatic carbocycles. The van der Waals surface area contributed by atoms with E-state index in [1.54, 1.807) is 0 Å². The van der Waals surface area contributed by atoms with Gasteiger partial charge in [-0.25, -0.2) is 0 Å². The lowest BCUT2D eigenvalue weighted by atomic mass is 9.98. The van der Waals surface area contributed by atoms with Gasteiger partial charge in [0, 0.05) is 6.54 Å². The fourth-order valence-corrected chi connectivity index (χ4v) is 2.81. The Morgan fingerprint density at radius 2 is 1.71 bits per heavy atom. The summed E-state index contributed by atoms with van der Waals surface area (Å²) in [6.07, 6.45) is 6.17. The summed E-state index contributed by atoms with van der Waals surface area (Å²) in [4.78, 5) is 0. The van der Waals surface area contributed by atoms with Gasteiger partial charge in [-0.1, -0.05) is 29.6 Å². The van der Waals surface area contributed by atoms with Crippen molar-refractivity contribution in [2.45, 2.75) is 44.8 Å². The van der Waals surface area contributed by atoms with Crippen molar-refractivity contribution in [2.75, 3.05) is 0 Å². The molecule has 17 heavy (non-hydrogen) atoms. The van der Waals surface area contributed by atoms with Crippen molar-refractivity contribution in [1.29, 1.82) is 0 Å². The van der Waals surface area contributed by atoms with Crippen LogP contribution in [0.25, 0.3) is 0 Å². The van der Waals surface area contributed by atoms with Crippen LogP contribution in [0.15, 0.2) is 12.1 Å². The maximum absolute atomic E-state index is 6.17. The van der Waals surface area contributed by atoms with Gasteiger partial charge in [-0.15, -0.1) is 0 Å². The van der Waals surface area contributed by atoms with Gasteiger partial charge in [0.15, 0.2) is 5.75 Å². The predicted molar refractivity (Wildman–Crippen MR) is 71.9 cm³/mol. The number of rotatable bonds is 3. The second-order valence-corrected chi connectivity index (χ2v) is 5.28. The largest absolute Gasteiger partial charge is 0.487 e. The molecule has 0 atom stereocenters. The third-order valence-corrected chi connectivity index (χ3v) is 3.69. The first-order chi connectivity index (χ1) is 8.20. The zero-order valence-corrected chi connectivity index (χ0v) is 11.2. The van der Waals surface area contributed by atoms with Gasteiger partial charge in [0.2, 0.25) is 0 Å². The maximum atomic E-state index is 6.17. The van der Waals surface area contributed by atoms with E-state index < -0.39 is 0 Å². The molecule has 0 heterocycles. The molecule has 0 spiro atoms. The molecule has 0 radical (unpaired) electrons. The van der Waals surface area contributed by atoms with Crippen molar-refractivity contribution in [2.24, 2.45) is 5.73 Å². The van der Waals surface area contributed by atoms with E-state index in [0.717, 1.165) is 18.4 Å². The van der Waals surface area contributed by atoms with Crippen LogP contribution in [0.5, 0.6) is 5.75 Å². The first-order valence-corrected chi connectivity index (χ1v) is 6.81. The van der Waals surface area contributed by atoms with Crippen LogP contribution in [0.3, 0.4) is 0 Å². The van der Waals surface area contributed by atoms with E-state index >= 15 is 0 Å². The van der Waals surface area contributed by atoms with Crippen LogP contribution in [0, 0.1) is 0 Å². The Morgan fingerprint density at radius 3 is 2.24 bits per heavy atom. The highest BCUT2D eigenvalue weighted by Crippen LogP contribution is 2.36. The molecule has 1 saturated carbocycles. The van der Waals surface area contributed by atoms with Crippen LogP contribution in [0.2, 0.25) is 10.0 Å². The van der Waals surface area contributed by atoms with E-state index in [-0.39, 0.29) is 6.10 Å². The summed E-state index contributed by atoms with van der Waals surface area (Å²) in [7, 11) is 0. The Bertz CT molecular complexity index is 366. The Kier molecular flexibility index (Phi) is 4.55. The SMILES string of the molecule is NCc1cc(Cl)c(OC2CCCCC2)c(Cl)c1. The molecule has 0 aliphatic heterocycles. The molecule has 1 aromatic rings. The van der Waals surface area contributed by atoms with Crippen LogP contribution in [0.4, 0.5) is 0 Å². The van der Waals surface area contributed by atoms with E-state index in [9.17, 15) is 0 Å². The van der Waals surface area contributed by atoms with Crippen LogP contribution in [0.1, 0.15) is 37.7 Å². The molecule has 0 saturated heterocycles. The van der Waals surface area contributed by atoms with Gasteiger partial charge in [-0.2, -0.15) is 0 Å². The average molecular weight is 274 g/mol. The van der Waals surface area contributed by atoms with Crippen LogP contribution >= 0.6 is 23.2 Å². The Balaban J connectivity index is 2.14. The molecule has 1 aliphatic carbocycles. The highest BCUT2D eigenvalue weighted by atomic mass is 35.5. The van der Waals surface area contributed by atoms with Crippen LogP contribution in [-0.4, -0.2) is 6.10 Å². The molecular formula is C13H17Cl2NO. The summed E-state index contributed by atoms with van der Waals surface area (Å²) >= 11 is 12.3. The standard InChI is InChI=1S/C13H17Cl2NO/c14-11-6-9(8-16)7-12(15)13(11)17-10-4-2-1-3-5-10/h6-7,10H,1-5,8,16H2. The van der Waals surface area contributed by atoms with Crippen molar-refractivity contribution < 1.29 is 4.74 Å². The number of benzene rings is 1. The number of nitrogens with two attached hydrogens (primary N) is 1. The van der Waals surface area contributed by atoms with Gasteiger partial charge in [0.1, 0.15) is 0 Å². The van der Waals surface area contributed by atoms with Gasteiger partial charge in [0.25, 0.3) is 0 Å². The smallest absolute Gasteiger partial charge is 0.156 e. The van der Waals surface area contributed by atoms with Crippen molar-refractivity contribution >= 4 is 23.2 Å². The first kappa shape index (κ1) is 13.0. The molecule has 0 bridgehead atoms. The molecule has 1 aliphatic rings. The molecular weight excluding hydrogens is 257 g/mol. The quantitative estimate of drug-likeness (QED) is 0.898. The maximum Gasteiger partial charge on any atom is 0.156 e. The second kappa shape index (κ2) is 5.94. The zero-order chi connectivity index (χ0) is 12.3. The van der Waals surface area contributed by atoms with Crippen molar-refractivity contribution in [3.63, 3.8) is 0 Å². The predicted octanol–water partition coefficient (Wildman–Crippen LogP) is 4.16. The minimum atomic E-state index is 0.252. The lowest BCUT2D eigenvalue weighted by Crippen LogP contribution is -2.20. The van der Waals surface area contributed by atoms with Crippen molar-refractivity contribution in [3.8, 4) is 5.75 Å². The number of ether oxygens (including phenoxy) is 1. The number of hydrogen-bond acceptors (Lipinski definition) is 2. The summed E-state index contributed by atoms with van der Waals surface area (Å²) in [5.74, 6) is 0.609. The minimum absolute atomic E-state index is 0.252. The summed E-state index contributed by atoms with van der Waals surface area (Å²) in [6.45, 7) is 0.434. The summed E-state index contributed by atoms with van der Waals surface area (Å²) in [5, 5.41) is 1.12. The molecule has 2 rings (SSSR count). The molecule has 4 heteroatoms. The highest BCUT2D eigenvalue weighted by Gasteiger charge is 2.18. The topological polar surface area (TPSA) is 35.2 Å². The van der Waals surface area contributed by atoms with E-state index in [0.29, 0.717) is 22.3 Å². The van der Waals surface area contributed by atoms with Crippen molar-refractivity contribution in [3.05, 3.63) is 27.7 Å². The van der Waals surface area contributed by atoms with Gasteiger partial charge < -0.3 is 10.5 Å². The van der Waals surface area contributed by atoms with Crippen LogP contribution in [-0.2, 0) is 6.54 Å². The summed E-state index contributed by atoms with van der Waals surface area (Å²) in [5.41, 5.74) is 6.49. The molecule has 2 N–H and O–H groups in total. The van der Waals surface area contributed by atoms with E-state index in [1.807, 2.05) is 12.1 Å². The monoisotopic (exact) mass is 273 g/mol. The average Bonchev–Trinajstić information content (AvgIpc) is 2.35. The van der Waals surface area contributed by atoms with E-state index in [1.165, 1.54) is 19.3 Å². The third kappa shape index (κ3) is 3.27. The minimum Gasteiger partial charge on any atom is -0.487 e. The molecule has 0 unspecified atom stereocenters.